The smallest absolute Gasteiger partial charge is 0.243 e. The molecule has 2 rings (SSSR count). The molecule has 18 heavy (non-hydrogen) atoms. The zero-order valence-corrected chi connectivity index (χ0v) is 13.2. The summed E-state index contributed by atoms with van der Waals surface area (Å²) < 4.78 is 27.4. The number of halogens is 1. The van der Waals surface area contributed by atoms with Crippen LogP contribution in [0.5, 0.6) is 0 Å². The van der Waals surface area contributed by atoms with Crippen molar-refractivity contribution in [2.75, 3.05) is 20.1 Å². The van der Waals surface area contributed by atoms with Gasteiger partial charge in [0, 0.05) is 16.7 Å². The monoisotopic (exact) mass is 380 g/mol. The van der Waals surface area contributed by atoms with Crippen LogP contribution in [0.15, 0.2) is 29.2 Å². The molecule has 0 spiro atoms. The van der Waals surface area contributed by atoms with E-state index in [1.807, 2.05) is 6.07 Å². The first kappa shape index (κ1) is 14.2. The molecule has 1 heterocycles. The number of benzene rings is 1. The van der Waals surface area contributed by atoms with Gasteiger partial charge >= 0.3 is 0 Å². The molecule has 1 fully saturated rings. The lowest BCUT2D eigenvalue weighted by molar-refractivity contribution is 0.296. The van der Waals surface area contributed by atoms with E-state index in [0.717, 1.165) is 29.5 Å². The largest absolute Gasteiger partial charge is 0.317 e. The minimum atomic E-state index is -3.36. The second-order valence-corrected chi connectivity index (χ2v) is 7.70. The molecule has 1 aliphatic rings. The number of rotatable bonds is 3. The minimum absolute atomic E-state index is 0.106. The average molecular weight is 380 g/mol. The van der Waals surface area contributed by atoms with Crippen LogP contribution >= 0.6 is 22.6 Å². The van der Waals surface area contributed by atoms with Crippen molar-refractivity contribution in [1.82, 2.24) is 9.62 Å². The molecule has 1 saturated heterocycles. The van der Waals surface area contributed by atoms with Gasteiger partial charge in [-0.15, -0.1) is 0 Å². The lowest BCUT2D eigenvalue weighted by Gasteiger charge is -2.30. The van der Waals surface area contributed by atoms with Gasteiger partial charge in [-0.1, -0.05) is 6.07 Å². The number of hydrogen-bond acceptors (Lipinski definition) is 3. The molecule has 0 unspecified atom stereocenters. The maximum atomic E-state index is 12.5. The van der Waals surface area contributed by atoms with E-state index in [1.165, 1.54) is 4.31 Å². The molecule has 0 saturated carbocycles. The van der Waals surface area contributed by atoms with Crippen LogP contribution in [-0.4, -0.2) is 38.9 Å². The zero-order chi connectivity index (χ0) is 13.2. The third kappa shape index (κ3) is 3.04. The van der Waals surface area contributed by atoms with Crippen molar-refractivity contribution in [2.45, 2.75) is 23.8 Å². The Hall–Kier alpha value is -0.180. The van der Waals surface area contributed by atoms with Crippen molar-refractivity contribution in [1.29, 1.82) is 0 Å². The van der Waals surface area contributed by atoms with Crippen LogP contribution in [0.4, 0.5) is 0 Å². The second-order valence-electron chi connectivity index (χ2n) is 4.46. The molecule has 100 valence electrons. The van der Waals surface area contributed by atoms with E-state index in [1.54, 1.807) is 25.2 Å². The molecule has 6 heteroatoms. The van der Waals surface area contributed by atoms with E-state index >= 15 is 0 Å². The molecule has 4 nitrogen and oxygen atoms in total. The Kier molecular flexibility index (Phi) is 4.63. The Morgan fingerprint density at radius 3 is 2.61 bits per heavy atom. The molecule has 0 atom stereocenters. The van der Waals surface area contributed by atoms with Gasteiger partial charge in [-0.05, 0) is 66.7 Å². The van der Waals surface area contributed by atoms with Crippen LogP contribution in [0.25, 0.3) is 0 Å². The minimum Gasteiger partial charge on any atom is -0.317 e. The molecule has 1 aliphatic heterocycles. The van der Waals surface area contributed by atoms with Gasteiger partial charge in [-0.2, -0.15) is 4.31 Å². The molecule has 1 aromatic rings. The summed E-state index contributed by atoms with van der Waals surface area (Å²) in [5.41, 5.74) is 0. The molecule has 0 aliphatic carbocycles. The predicted octanol–water partition coefficient (Wildman–Crippen LogP) is 1.66. The fraction of sp³-hybridized carbons (Fsp3) is 0.500. The Balaban J connectivity index is 2.24. The highest BCUT2D eigenvalue weighted by atomic mass is 127. The Morgan fingerprint density at radius 2 is 2.00 bits per heavy atom. The molecule has 0 radical (unpaired) electrons. The highest BCUT2D eigenvalue weighted by Crippen LogP contribution is 2.21. The predicted molar refractivity (Wildman–Crippen MR) is 80.0 cm³/mol. The van der Waals surface area contributed by atoms with Crippen LogP contribution in [0.2, 0.25) is 0 Å². The van der Waals surface area contributed by atoms with Crippen LogP contribution in [0, 0.1) is 3.57 Å². The first-order chi connectivity index (χ1) is 8.51. The Labute approximate surface area is 122 Å². The molecular weight excluding hydrogens is 363 g/mol. The Bertz CT molecular complexity index is 513. The van der Waals surface area contributed by atoms with E-state index < -0.39 is 10.0 Å². The van der Waals surface area contributed by atoms with Crippen LogP contribution < -0.4 is 5.32 Å². The standard InChI is InChI=1S/C12H17IN2O2S/c1-15(11-5-7-14-8-6-11)18(16,17)12-4-2-3-10(13)9-12/h2-4,9,11,14H,5-8H2,1H3. The van der Waals surface area contributed by atoms with Gasteiger partial charge in [0.2, 0.25) is 10.0 Å². The third-order valence-corrected chi connectivity index (χ3v) is 5.87. The molecule has 1 aromatic carbocycles. The normalized spacial score (nSPS) is 18.2. The molecule has 0 bridgehead atoms. The summed E-state index contributed by atoms with van der Waals surface area (Å²) in [4.78, 5) is 0.385. The fourth-order valence-corrected chi connectivity index (χ4v) is 4.38. The SMILES string of the molecule is CN(C1CCNCC1)S(=O)(=O)c1cccc(I)c1. The van der Waals surface area contributed by atoms with Crippen molar-refractivity contribution in [2.24, 2.45) is 0 Å². The highest BCUT2D eigenvalue weighted by Gasteiger charge is 2.28. The quantitative estimate of drug-likeness (QED) is 0.812. The number of piperidine rings is 1. The van der Waals surface area contributed by atoms with Gasteiger partial charge in [0.25, 0.3) is 0 Å². The van der Waals surface area contributed by atoms with Crippen molar-refractivity contribution in [3.8, 4) is 0 Å². The number of sulfonamides is 1. The van der Waals surface area contributed by atoms with Crippen LogP contribution in [0.3, 0.4) is 0 Å². The van der Waals surface area contributed by atoms with E-state index in [2.05, 4.69) is 27.9 Å². The summed E-state index contributed by atoms with van der Waals surface area (Å²) in [5, 5.41) is 3.25. The van der Waals surface area contributed by atoms with Gasteiger partial charge in [0.05, 0.1) is 4.90 Å². The fourth-order valence-electron chi connectivity index (χ4n) is 2.16. The van der Waals surface area contributed by atoms with E-state index in [-0.39, 0.29) is 6.04 Å². The summed E-state index contributed by atoms with van der Waals surface area (Å²) in [6.45, 7) is 1.77. The molecule has 1 N–H and O–H groups in total. The van der Waals surface area contributed by atoms with Gasteiger partial charge in [-0.25, -0.2) is 8.42 Å². The molecular formula is C12H17IN2O2S. The summed E-state index contributed by atoms with van der Waals surface area (Å²) in [6.07, 6.45) is 1.75. The van der Waals surface area contributed by atoms with Gasteiger partial charge in [-0.3, -0.25) is 0 Å². The summed E-state index contributed by atoms with van der Waals surface area (Å²) in [7, 11) is -1.67. The van der Waals surface area contributed by atoms with Crippen LogP contribution in [0.1, 0.15) is 12.8 Å². The third-order valence-electron chi connectivity index (χ3n) is 3.30. The van der Waals surface area contributed by atoms with E-state index in [0.29, 0.717) is 4.90 Å². The first-order valence-electron chi connectivity index (χ1n) is 5.96. The topological polar surface area (TPSA) is 49.4 Å². The van der Waals surface area contributed by atoms with Crippen molar-refractivity contribution < 1.29 is 8.42 Å². The summed E-state index contributed by atoms with van der Waals surface area (Å²) in [6, 6.07) is 7.16. The van der Waals surface area contributed by atoms with Crippen molar-refractivity contribution in [3.05, 3.63) is 27.8 Å². The maximum Gasteiger partial charge on any atom is 0.243 e. The summed E-state index contributed by atoms with van der Waals surface area (Å²) >= 11 is 2.13. The average Bonchev–Trinajstić information content (AvgIpc) is 2.39. The van der Waals surface area contributed by atoms with Gasteiger partial charge in [0.15, 0.2) is 0 Å². The highest BCUT2D eigenvalue weighted by molar-refractivity contribution is 14.1. The van der Waals surface area contributed by atoms with E-state index in [9.17, 15) is 8.42 Å². The lowest BCUT2D eigenvalue weighted by Crippen LogP contribution is -2.43. The number of hydrogen-bond donors (Lipinski definition) is 1. The lowest BCUT2D eigenvalue weighted by atomic mass is 10.1. The van der Waals surface area contributed by atoms with Crippen LogP contribution in [-0.2, 0) is 10.0 Å². The number of nitrogens with zero attached hydrogens (tertiary/aromatic N) is 1. The maximum absolute atomic E-state index is 12.5. The molecule has 0 amide bonds. The second kappa shape index (κ2) is 5.85. The van der Waals surface area contributed by atoms with Crippen molar-refractivity contribution in [3.63, 3.8) is 0 Å². The Morgan fingerprint density at radius 1 is 1.33 bits per heavy atom. The number of nitrogens with one attached hydrogen (secondary N) is 1. The molecule has 0 aromatic heterocycles. The summed E-state index contributed by atoms with van der Waals surface area (Å²) in [5.74, 6) is 0. The van der Waals surface area contributed by atoms with Gasteiger partial charge in [0.1, 0.15) is 0 Å². The van der Waals surface area contributed by atoms with Gasteiger partial charge < -0.3 is 5.32 Å². The van der Waals surface area contributed by atoms with Crippen molar-refractivity contribution >= 4 is 32.6 Å². The van der Waals surface area contributed by atoms with E-state index in [4.69, 9.17) is 0 Å². The zero-order valence-electron chi connectivity index (χ0n) is 10.3. The first-order valence-corrected chi connectivity index (χ1v) is 8.48.